The molecule has 0 saturated carbocycles. The Morgan fingerprint density at radius 1 is 1.17 bits per heavy atom. The van der Waals surface area contributed by atoms with Crippen molar-refractivity contribution in [3.63, 3.8) is 0 Å². The molecule has 12 heavy (non-hydrogen) atoms. The monoisotopic (exact) mass is 194 g/mol. The summed E-state index contributed by atoms with van der Waals surface area (Å²) >= 11 is 0. The first-order chi connectivity index (χ1) is 5.16. The molecule has 0 saturated heterocycles. The zero-order valence-electron chi connectivity index (χ0n) is 9.01. The summed E-state index contributed by atoms with van der Waals surface area (Å²) in [5.74, 6) is 0. The van der Waals surface area contributed by atoms with Crippen LogP contribution in [0.1, 0.15) is 20.8 Å². The highest BCUT2D eigenvalue weighted by Gasteiger charge is 2.29. The van der Waals surface area contributed by atoms with Gasteiger partial charge in [-0.3, -0.25) is 0 Å². The van der Waals surface area contributed by atoms with E-state index in [1.807, 2.05) is 0 Å². The van der Waals surface area contributed by atoms with Crippen molar-refractivity contribution in [1.82, 2.24) is 0 Å². The Balaban J connectivity index is 0. The predicted octanol–water partition coefficient (Wildman–Crippen LogP) is 2.55. The van der Waals surface area contributed by atoms with Crippen LogP contribution in [0.3, 0.4) is 0 Å². The minimum absolute atomic E-state index is 0.576. The summed E-state index contributed by atoms with van der Waals surface area (Å²) in [5.41, 5.74) is 0. The van der Waals surface area contributed by atoms with Gasteiger partial charge in [0.05, 0.1) is 0 Å². The topological polar surface area (TPSA) is 49.7 Å². The second-order valence-electron chi connectivity index (χ2n) is 4.76. The lowest BCUT2D eigenvalue weighted by molar-refractivity contribution is -0.285. The molecule has 0 unspecified atom stereocenters. The molecule has 0 radical (unpaired) electrons. The van der Waals surface area contributed by atoms with E-state index in [-0.39, 0.29) is 0 Å². The van der Waals surface area contributed by atoms with E-state index in [1.165, 1.54) is 0 Å². The highest BCUT2D eigenvalue weighted by atomic mass is 28.3. The fourth-order valence-electron chi connectivity index (χ4n) is 0. The molecule has 0 aliphatic carbocycles. The van der Waals surface area contributed by atoms with E-state index in [9.17, 15) is 0 Å². The Labute approximate surface area is 76.3 Å². The minimum atomic E-state index is -0.859. The SMILES string of the molecule is CC(C)(C)[Si](C)(C)C.OCOO. The fraction of sp³-hybridized carbons (Fsp3) is 1.00. The molecule has 0 aromatic heterocycles. The summed E-state index contributed by atoms with van der Waals surface area (Å²) < 4.78 is 0. The first-order valence-electron chi connectivity index (χ1n) is 4.04. The third-order valence-electron chi connectivity index (χ3n) is 2.31. The minimum Gasteiger partial charge on any atom is -0.368 e. The molecule has 0 fully saturated rings. The van der Waals surface area contributed by atoms with Crippen molar-refractivity contribution in [2.24, 2.45) is 0 Å². The second-order valence-corrected chi connectivity index (χ2v) is 10.8. The number of hydrogen-bond donors (Lipinski definition) is 2. The van der Waals surface area contributed by atoms with Crippen LogP contribution in [-0.2, 0) is 4.89 Å². The molecule has 0 aliphatic rings. The van der Waals surface area contributed by atoms with E-state index >= 15 is 0 Å². The first kappa shape index (κ1) is 14.6. The summed E-state index contributed by atoms with van der Waals surface area (Å²) in [6.45, 7) is 13.6. The van der Waals surface area contributed by atoms with E-state index in [0.717, 1.165) is 0 Å². The van der Waals surface area contributed by atoms with Gasteiger partial charge in [-0.2, -0.15) is 0 Å². The molecular weight excluding hydrogens is 172 g/mol. The van der Waals surface area contributed by atoms with Gasteiger partial charge in [-0.15, -0.1) is 0 Å². The molecule has 76 valence electrons. The highest BCUT2D eigenvalue weighted by Crippen LogP contribution is 2.35. The number of aliphatic hydroxyl groups excluding tert-OH is 1. The largest absolute Gasteiger partial charge is 0.368 e. The van der Waals surface area contributed by atoms with Gasteiger partial charge in [0.15, 0.2) is 6.79 Å². The van der Waals surface area contributed by atoms with Crippen LogP contribution in [0.2, 0.25) is 24.7 Å². The van der Waals surface area contributed by atoms with Gasteiger partial charge >= 0.3 is 0 Å². The van der Waals surface area contributed by atoms with Gasteiger partial charge in [-0.1, -0.05) is 40.4 Å². The quantitative estimate of drug-likeness (QED) is 0.292. The summed E-state index contributed by atoms with van der Waals surface area (Å²) in [7, 11) is -0.859. The number of rotatable bonds is 1. The van der Waals surface area contributed by atoms with E-state index in [4.69, 9.17) is 10.4 Å². The van der Waals surface area contributed by atoms with Gasteiger partial charge in [0.2, 0.25) is 0 Å². The van der Waals surface area contributed by atoms with Gasteiger partial charge in [-0.05, 0) is 5.04 Å². The van der Waals surface area contributed by atoms with E-state index < -0.39 is 14.9 Å². The van der Waals surface area contributed by atoms with Crippen LogP contribution in [0, 0.1) is 0 Å². The zero-order chi connectivity index (χ0) is 10.4. The lowest BCUT2D eigenvalue weighted by Crippen LogP contribution is -2.32. The maximum atomic E-state index is 7.40. The van der Waals surface area contributed by atoms with Gasteiger partial charge in [0, 0.05) is 8.07 Å². The fourth-order valence-corrected chi connectivity index (χ4v) is 0. The summed E-state index contributed by atoms with van der Waals surface area (Å²) in [6.07, 6.45) is 0. The van der Waals surface area contributed by atoms with Crippen LogP contribution in [0.15, 0.2) is 0 Å². The summed E-state index contributed by atoms with van der Waals surface area (Å²) in [6, 6.07) is 0. The van der Waals surface area contributed by atoms with Gasteiger partial charge < -0.3 is 5.11 Å². The number of aliphatic hydroxyl groups is 1. The van der Waals surface area contributed by atoms with Crippen LogP contribution in [0.25, 0.3) is 0 Å². The van der Waals surface area contributed by atoms with Crippen LogP contribution in [0.5, 0.6) is 0 Å². The summed E-state index contributed by atoms with van der Waals surface area (Å²) in [4.78, 5) is 3.10. The molecule has 0 aliphatic heterocycles. The Hall–Kier alpha value is 0.0969. The molecule has 0 atom stereocenters. The standard InChI is InChI=1S/C7H18Si.CH4O3/c1-7(2,3)8(4,5)6;2-1-4-3/h1-6H3;2-3H,1H2. The van der Waals surface area contributed by atoms with Crippen LogP contribution < -0.4 is 0 Å². The molecule has 4 heteroatoms. The van der Waals surface area contributed by atoms with Crippen molar-refractivity contribution in [2.45, 2.75) is 45.5 Å². The first-order valence-corrected chi connectivity index (χ1v) is 7.54. The third kappa shape index (κ3) is 8.20. The van der Waals surface area contributed by atoms with Gasteiger partial charge in [0.25, 0.3) is 0 Å². The highest BCUT2D eigenvalue weighted by molar-refractivity contribution is 6.78. The predicted molar refractivity (Wildman–Crippen MR) is 53.9 cm³/mol. The van der Waals surface area contributed by atoms with Crippen molar-refractivity contribution in [3.05, 3.63) is 0 Å². The van der Waals surface area contributed by atoms with E-state index in [2.05, 4.69) is 45.3 Å². The molecular formula is C8H22O3Si. The van der Waals surface area contributed by atoms with E-state index in [0.29, 0.717) is 5.04 Å². The Morgan fingerprint density at radius 2 is 1.33 bits per heavy atom. The molecule has 0 amide bonds. The van der Waals surface area contributed by atoms with Gasteiger partial charge in [-0.25, -0.2) is 10.1 Å². The van der Waals surface area contributed by atoms with E-state index in [1.54, 1.807) is 0 Å². The Bertz CT molecular complexity index is 87.9. The second kappa shape index (κ2) is 5.69. The Morgan fingerprint density at radius 3 is 1.33 bits per heavy atom. The van der Waals surface area contributed by atoms with Crippen molar-refractivity contribution in [1.29, 1.82) is 0 Å². The van der Waals surface area contributed by atoms with Crippen molar-refractivity contribution in [2.75, 3.05) is 6.79 Å². The van der Waals surface area contributed by atoms with Crippen molar-refractivity contribution < 1.29 is 15.3 Å². The zero-order valence-corrected chi connectivity index (χ0v) is 10.0. The maximum Gasteiger partial charge on any atom is 0.177 e. The maximum absolute atomic E-state index is 7.40. The molecule has 0 aromatic rings. The molecule has 0 spiro atoms. The molecule has 2 N–H and O–H groups in total. The van der Waals surface area contributed by atoms with Crippen LogP contribution in [0.4, 0.5) is 0 Å². The molecule has 0 rings (SSSR count). The molecule has 0 bridgehead atoms. The molecule has 3 nitrogen and oxygen atoms in total. The number of hydrogen-bond acceptors (Lipinski definition) is 3. The third-order valence-corrected chi connectivity index (χ3v) is 6.81. The van der Waals surface area contributed by atoms with Crippen LogP contribution in [-0.4, -0.2) is 25.2 Å². The normalized spacial score (nSPS) is 12.0. The smallest absolute Gasteiger partial charge is 0.177 e. The lowest BCUT2D eigenvalue weighted by atomic mass is 10.2. The molecule has 0 heterocycles. The lowest BCUT2D eigenvalue weighted by Gasteiger charge is -2.32. The van der Waals surface area contributed by atoms with Crippen LogP contribution >= 0.6 is 0 Å². The Kier molecular flexibility index (Phi) is 6.93. The van der Waals surface area contributed by atoms with Crippen molar-refractivity contribution >= 4 is 8.07 Å². The average molecular weight is 194 g/mol. The van der Waals surface area contributed by atoms with Crippen molar-refractivity contribution in [3.8, 4) is 0 Å². The average Bonchev–Trinajstić information content (AvgIpc) is 1.84. The molecule has 0 aromatic carbocycles. The van der Waals surface area contributed by atoms with Gasteiger partial charge in [0.1, 0.15) is 0 Å². The summed E-state index contributed by atoms with van der Waals surface area (Å²) in [5, 5.41) is 15.1.